The largest absolute Gasteiger partial charge is 0.393 e. The number of likely N-dealkylation sites (tertiary alicyclic amines) is 1. The summed E-state index contributed by atoms with van der Waals surface area (Å²) in [7, 11) is 0. The molecule has 7 heteroatoms. The van der Waals surface area contributed by atoms with Crippen LogP contribution in [-0.2, 0) is 11.3 Å². The number of rotatable bonds is 2. The van der Waals surface area contributed by atoms with Crippen LogP contribution in [0.2, 0.25) is 0 Å². The predicted octanol–water partition coefficient (Wildman–Crippen LogP) is -0.910. The number of anilines is 1. The zero-order chi connectivity index (χ0) is 12.7. The molecule has 0 radical (unpaired) electrons. The highest BCUT2D eigenvalue weighted by Crippen LogP contribution is 2.37. The van der Waals surface area contributed by atoms with E-state index in [1.54, 1.807) is 0 Å². The number of fused-ring (bicyclic) bond motifs is 1. The Kier molecular flexibility index (Phi) is 2.70. The van der Waals surface area contributed by atoms with E-state index in [0.717, 1.165) is 25.9 Å². The molecule has 1 saturated carbocycles. The Hall–Kier alpha value is -1.63. The molecular weight excluding hydrogens is 234 g/mol. The zero-order valence-corrected chi connectivity index (χ0v) is 10.1. The number of amides is 1. The molecule has 3 N–H and O–H groups in total. The van der Waals surface area contributed by atoms with E-state index in [0.29, 0.717) is 11.8 Å². The van der Waals surface area contributed by atoms with Gasteiger partial charge in [0.1, 0.15) is 12.9 Å². The van der Waals surface area contributed by atoms with E-state index in [-0.39, 0.29) is 24.5 Å². The van der Waals surface area contributed by atoms with Gasteiger partial charge in [0.15, 0.2) is 0 Å². The molecule has 2 heterocycles. The minimum Gasteiger partial charge on any atom is -0.393 e. The Labute approximate surface area is 105 Å². The molecule has 18 heavy (non-hydrogen) atoms. The molecule has 98 valence electrons. The maximum absolute atomic E-state index is 12.1. The predicted molar refractivity (Wildman–Crippen MR) is 63.2 cm³/mol. The van der Waals surface area contributed by atoms with Crippen LogP contribution >= 0.6 is 0 Å². The number of nitrogens with zero attached hydrogens (tertiary/aromatic N) is 4. The van der Waals surface area contributed by atoms with Crippen molar-refractivity contribution < 1.29 is 9.90 Å². The molecule has 1 aliphatic carbocycles. The van der Waals surface area contributed by atoms with Gasteiger partial charge in [-0.25, -0.2) is 9.67 Å². The zero-order valence-electron chi connectivity index (χ0n) is 10.1. The maximum atomic E-state index is 12.1. The summed E-state index contributed by atoms with van der Waals surface area (Å²) >= 11 is 0. The molecule has 1 aliphatic heterocycles. The Morgan fingerprint density at radius 2 is 2.11 bits per heavy atom. The summed E-state index contributed by atoms with van der Waals surface area (Å²) < 4.78 is 1.46. The fourth-order valence-corrected chi connectivity index (χ4v) is 3.10. The number of hydrogen-bond donors (Lipinski definition) is 2. The van der Waals surface area contributed by atoms with E-state index < -0.39 is 0 Å². The number of aromatic nitrogens is 3. The van der Waals surface area contributed by atoms with Crippen molar-refractivity contribution in [1.82, 2.24) is 19.7 Å². The molecule has 1 aromatic rings. The van der Waals surface area contributed by atoms with E-state index >= 15 is 0 Å². The van der Waals surface area contributed by atoms with Crippen LogP contribution in [0.5, 0.6) is 0 Å². The summed E-state index contributed by atoms with van der Waals surface area (Å²) in [4.78, 5) is 17.7. The lowest BCUT2D eigenvalue weighted by molar-refractivity contribution is -0.131. The first kappa shape index (κ1) is 11.5. The molecule has 1 saturated heterocycles. The number of aliphatic hydroxyl groups excluding tert-OH is 1. The summed E-state index contributed by atoms with van der Waals surface area (Å²) in [6.07, 6.45) is 2.94. The van der Waals surface area contributed by atoms with Gasteiger partial charge in [0, 0.05) is 13.1 Å². The third kappa shape index (κ3) is 2.05. The Bertz CT molecular complexity index is 446. The van der Waals surface area contributed by atoms with Crippen LogP contribution in [0.25, 0.3) is 0 Å². The highest BCUT2D eigenvalue weighted by Gasteiger charge is 2.41. The van der Waals surface area contributed by atoms with Crippen LogP contribution in [0.15, 0.2) is 6.33 Å². The number of carbonyl (C=O) groups is 1. The van der Waals surface area contributed by atoms with Crippen molar-refractivity contribution in [2.45, 2.75) is 25.5 Å². The van der Waals surface area contributed by atoms with Gasteiger partial charge < -0.3 is 15.7 Å². The lowest BCUT2D eigenvalue weighted by Gasteiger charge is -2.17. The highest BCUT2D eigenvalue weighted by molar-refractivity contribution is 5.76. The van der Waals surface area contributed by atoms with Gasteiger partial charge in [0.05, 0.1) is 6.10 Å². The topological polar surface area (TPSA) is 97.3 Å². The van der Waals surface area contributed by atoms with Crippen molar-refractivity contribution >= 4 is 11.9 Å². The number of hydrogen-bond acceptors (Lipinski definition) is 5. The second-order valence-corrected chi connectivity index (χ2v) is 5.24. The fourth-order valence-electron chi connectivity index (χ4n) is 3.10. The summed E-state index contributed by atoms with van der Waals surface area (Å²) in [5.74, 6) is 1.16. The van der Waals surface area contributed by atoms with Gasteiger partial charge >= 0.3 is 0 Å². The molecule has 2 atom stereocenters. The molecule has 2 aliphatic rings. The standard InChI is InChI=1S/C11H17N5O2/c12-11-13-6-16(14-11)5-10(18)15-3-7-1-9(17)2-8(7)4-15/h6-9,17H,1-5H2,(H2,12,14). The monoisotopic (exact) mass is 251 g/mol. The first-order valence-corrected chi connectivity index (χ1v) is 6.22. The molecule has 0 aromatic carbocycles. The molecule has 7 nitrogen and oxygen atoms in total. The van der Waals surface area contributed by atoms with Crippen LogP contribution in [0.3, 0.4) is 0 Å². The molecule has 2 unspecified atom stereocenters. The van der Waals surface area contributed by atoms with Crippen molar-refractivity contribution in [3.8, 4) is 0 Å². The Balaban J connectivity index is 1.58. The molecule has 1 amide bonds. The first-order chi connectivity index (χ1) is 8.61. The van der Waals surface area contributed by atoms with E-state index in [1.165, 1.54) is 11.0 Å². The molecular formula is C11H17N5O2. The lowest BCUT2D eigenvalue weighted by Crippen LogP contribution is -2.33. The van der Waals surface area contributed by atoms with Crippen LogP contribution in [0.1, 0.15) is 12.8 Å². The van der Waals surface area contributed by atoms with Crippen LogP contribution < -0.4 is 5.73 Å². The van der Waals surface area contributed by atoms with Gasteiger partial charge in [-0.1, -0.05) is 0 Å². The first-order valence-electron chi connectivity index (χ1n) is 6.22. The fraction of sp³-hybridized carbons (Fsp3) is 0.727. The van der Waals surface area contributed by atoms with Gasteiger partial charge in [0.2, 0.25) is 11.9 Å². The smallest absolute Gasteiger partial charge is 0.244 e. The second kappa shape index (κ2) is 4.24. The van der Waals surface area contributed by atoms with Crippen molar-refractivity contribution in [2.24, 2.45) is 11.8 Å². The summed E-state index contributed by atoms with van der Waals surface area (Å²) in [5.41, 5.74) is 5.40. The second-order valence-electron chi connectivity index (χ2n) is 5.24. The number of nitrogen functional groups attached to an aromatic ring is 1. The van der Waals surface area contributed by atoms with E-state index in [1.807, 2.05) is 4.90 Å². The van der Waals surface area contributed by atoms with Crippen LogP contribution in [-0.4, -0.2) is 49.9 Å². The van der Waals surface area contributed by atoms with E-state index in [4.69, 9.17) is 5.73 Å². The van der Waals surface area contributed by atoms with E-state index in [9.17, 15) is 9.90 Å². The molecule has 2 fully saturated rings. The summed E-state index contributed by atoms with van der Waals surface area (Å²) in [5, 5.41) is 13.5. The van der Waals surface area contributed by atoms with Crippen molar-refractivity contribution in [2.75, 3.05) is 18.8 Å². The number of aliphatic hydroxyl groups is 1. The molecule has 0 bridgehead atoms. The van der Waals surface area contributed by atoms with Crippen molar-refractivity contribution in [3.63, 3.8) is 0 Å². The molecule has 1 aromatic heterocycles. The van der Waals surface area contributed by atoms with Gasteiger partial charge in [-0.3, -0.25) is 4.79 Å². The van der Waals surface area contributed by atoms with Crippen LogP contribution in [0.4, 0.5) is 5.95 Å². The number of carbonyl (C=O) groups excluding carboxylic acids is 1. The molecule has 0 spiro atoms. The third-order valence-corrected chi connectivity index (χ3v) is 3.93. The maximum Gasteiger partial charge on any atom is 0.244 e. The normalized spacial score (nSPS) is 30.7. The van der Waals surface area contributed by atoms with Crippen molar-refractivity contribution in [3.05, 3.63) is 6.33 Å². The summed E-state index contributed by atoms with van der Waals surface area (Å²) in [6.45, 7) is 1.70. The van der Waals surface area contributed by atoms with Crippen molar-refractivity contribution in [1.29, 1.82) is 0 Å². The average Bonchev–Trinajstić information content (AvgIpc) is 2.92. The van der Waals surface area contributed by atoms with Gasteiger partial charge in [-0.15, -0.1) is 5.10 Å². The van der Waals surface area contributed by atoms with E-state index in [2.05, 4.69) is 10.1 Å². The minimum atomic E-state index is -0.174. The SMILES string of the molecule is Nc1ncn(CC(=O)N2CC3CC(O)CC3C2)n1. The van der Waals surface area contributed by atoms with Crippen LogP contribution in [0, 0.1) is 11.8 Å². The lowest BCUT2D eigenvalue weighted by atomic mass is 10.0. The summed E-state index contributed by atoms with van der Waals surface area (Å²) in [6, 6.07) is 0. The van der Waals surface area contributed by atoms with Gasteiger partial charge in [-0.05, 0) is 24.7 Å². The van der Waals surface area contributed by atoms with Gasteiger partial charge in [0.25, 0.3) is 0 Å². The average molecular weight is 251 g/mol. The van der Waals surface area contributed by atoms with Gasteiger partial charge in [-0.2, -0.15) is 0 Å². The highest BCUT2D eigenvalue weighted by atomic mass is 16.3. The third-order valence-electron chi connectivity index (χ3n) is 3.93. The Morgan fingerprint density at radius 3 is 2.67 bits per heavy atom. The number of nitrogens with two attached hydrogens (primary N) is 1. The quantitative estimate of drug-likeness (QED) is 0.709. The molecule has 3 rings (SSSR count). The minimum absolute atomic E-state index is 0.0452. The Morgan fingerprint density at radius 1 is 1.44 bits per heavy atom.